The van der Waals surface area contributed by atoms with Crippen LogP contribution in [0.3, 0.4) is 0 Å². The summed E-state index contributed by atoms with van der Waals surface area (Å²) in [5.74, 6) is -0.725. The lowest BCUT2D eigenvalue weighted by atomic mass is 9.94. The molecule has 1 aromatic carbocycles. The van der Waals surface area contributed by atoms with Crippen molar-refractivity contribution in [2.24, 2.45) is 4.99 Å². The molecule has 1 amide bonds. The summed E-state index contributed by atoms with van der Waals surface area (Å²) in [6.07, 6.45) is 13.4. The molecule has 172 valence electrons. The normalized spacial score (nSPS) is 23.3. The summed E-state index contributed by atoms with van der Waals surface area (Å²) in [5.41, 5.74) is 0.774. The Morgan fingerprint density at radius 1 is 1.16 bits per heavy atom. The van der Waals surface area contributed by atoms with Crippen LogP contribution in [0.2, 0.25) is 5.02 Å². The molecule has 0 atom stereocenters. The van der Waals surface area contributed by atoms with E-state index in [0.29, 0.717) is 21.7 Å². The lowest BCUT2D eigenvalue weighted by molar-refractivity contribution is -0.139. The van der Waals surface area contributed by atoms with Crippen molar-refractivity contribution in [2.75, 3.05) is 6.61 Å². The number of nitrogens with zero attached hydrogens (tertiary/aromatic N) is 2. The van der Waals surface area contributed by atoms with Crippen LogP contribution in [0.15, 0.2) is 28.1 Å². The van der Waals surface area contributed by atoms with Crippen LogP contribution in [-0.2, 0) is 9.59 Å². The first-order chi connectivity index (χ1) is 15.5. The lowest BCUT2D eigenvalue weighted by Gasteiger charge is -2.31. The second-order valence-electron chi connectivity index (χ2n) is 8.65. The summed E-state index contributed by atoms with van der Waals surface area (Å²) in [6, 6.07) is 5.65. The highest BCUT2D eigenvalue weighted by molar-refractivity contribution is 8.18. The summed E-state index contributed by atoms with van der Waals surface area (Å²) in [7, 11) is 0. The van der Waals surface area contributed by atoms with Gasteiger partial charge >= 0.3 is 5.97 Å². The van der Waals surface area contributed by atoms with E-state index in [-0.39, 0.29) is 11.9 Å². The number of carbonyl (C=O) groups excluding carboxylic acids is 1. The largest absolute Gasteiger partial charge is 0.480 e. The van der Waals surface area contributed by atoms with Crippen molar-refractivity contribution >= 4 is 46.5 Å². The van der Waals surface area contributed by atoms with Crippen molar-refractivity contribution in [1.29, 1.82) is 0 Å². The number of hydrogen-bond acceptors (Lipinski definition) is 5. The fourth-order valence-corrected chi connectivity index (χ4v) is 5.97. The standard InChI is InChI=1S/C24H29ClN2O4S/c25-19-13-16(11-12-20(19)31-15-22(28)29)14-21-23(30)27(18-9-5-2-6-10-18)24(32-21)26-17-7-3-1-4-8-17/h11-14,17-18H,1-10,15H2,(H,28,29)/b21-14-,26-24?. The number of thioether (sulfide) groups is 1. The van der Waals surface area contributed by atoms with Gasteiger partial charge in [-0.2, -0.15) is 0 Å². The Labute approximate surface area is 198 Å². The SMILES string of the molecule is O=C(O)COc1ccc(/C=C2\SC(=NC3CCCCC3)N(C3CCCCC3)C2=O)cc1Cl. The van der Waals surface area contributed by atoms with Crippen LogP contribution in [0.25, 0.3) is 6.08 Å². The van der Waals surface area contributed by atoms with Crippen molar-refractivity contribution in [2.45, 2.75) is 76.3 Å². The van der Waals surface area contributed by atoms with Crippen LogP contribution < -0.4 is 4.74 Å². The van der Waals surface area contributed by atoms with Gasteiger partial charge in [0.2, 0.25) is 0 Å². The van der Waals surface area contributed by atoms with Gasteiger partial charge in [-0.3, -0.25) is 14.7 Å². The van der Waals surface area contributed by atoms with Crippen LogP contribution in [0.1, 0.15) is 69.8 Å². The topological polar surface area (TPSA) is 79.2 Å². The van der Waals surface area contributed by atoms with Gasteiger partial charge in [0.25, 0.3) is 5.91 Å². The first kappa shape index (κ1) is 23.2. The predicted octanol–water partition coefficient (Wildman–Crippen LogP) is 5.74. The Kier molecular flexibility index (Phi) is 7.79. The maximum absolute atomic E-state index is 13.4. The number of rotatable bonds is 6. The second kappa shape index (κ2) is 10.8. The molecule has 4 rings (SSSR count). The number of hydrogen-bond donors (Lipinski definition) is 1. The van der Waals surface area contributed by atoms with E-state index in [4.69, 9.17) is 26.4 Å². The average molecular weight is 477 g/mol. The summed E-state index contributed by atoms with van der Waals surface area (Å²) in [6.45, 7) is -0.453. The van der Waals surface area contributed by atoms with E-state index in [0.717, 1.165) is 49.3 Å². The van der Waals surface area contributed by atoms with E-state index in [1.54, 1.807) is 18.2 Å². The quantitative estimate of drug-likeness (QED) is 0.529. The van der Waals surface area contributed by atoms with Gasteiger partial charge in [-0.1, -0.05) is 56.2 Å². The molecule has 8 heteroatoms. The average Bonchev–Trinajstić information content (AvgIpc) is 3.08. The van der Waals surface area contributed by atoms with Crippen LogP contribution in [0, 0.1) is 0 Å². The van der Waals surface area contributed by atoms with Gasteiger partial charge in [0.15, 0.2) is 11.8 Å². The molecule has 32 heavy (non-hydrogen) atoms. The van der Waals surface area contributed by atoms with Crippen molar-refractivity contribution in [3.63, 3.8) is 0 Å². The summed E-state index contributed by atoms with van der Waals surface area (Å²) in [4.78, 5) is 31.8. The van der Waals surface area contributed by atoms with E-state index in [2.05, 4.69) is 0 Å². The number of amides is 1. The van der Waals surface area contributed by atoms with Crippen molar-refractivity contribution in [3.05, 3.63) is 33.7 Å². The molecule has 2 aliphatic carbocycles. The van der Waals surface area contributed by atoms with E-state index in [1.807, 2.05) is 11.0 Å². The summed E-state index contributed by atoms with van der Waals surface area (Å²) < 4.78 is 5.19. The molecule has 6 nitrogen and oxygen atoms in total. The molecular weight excluding hydrogens is 448 g/mol. The molecule has 1 saturated heterocycles. The molecule has 0 radical (unpaired) electrons. The van der Waals surface area contributed by atoms with Crippen LogP contribution in [0.4, 0.5) is 0 Å². The molecular formula is C24H29ClN2O4S. The van der Waals surface area contributed by atoms with E-state index >= 15 is 0 Å². The first-order valence-electron chi connectivity index (χ1n) is 11.5. The molecule has 1 heterocycles. The number of aliphatic carboxylic acids is 1. The predicted molar refractivity (Wildman–Crippen MR) is 128 cm³/mol. The highest BCUT2D eigenvalue weighted by Crippen LogP contribution is 2.39. The highest BCUT2D eigenvalue weighted by atomic mass is 35.5. The third-order valence-electron chi connectivity index (χ3n) is 6.25. The van der Waals surface area contributed by atoms with Gasteiger partial charge < -0.3 is 9.84 Å². The van der Waals surface area contributed by atoms with Crippen LogP contribution in [-0.4, -0.2) is 45.7 Å². The smallest absolute Gasteiger partial charge is 0.341 e. The van der Waals surface area contributed by atoms with E-state index in [1.165, 1.54) is 37.4 Å². The van der Waals surface area contributed by atoms with E-state index in [9.17, 15) is 9.59 Å². The summed E-state index contributed by atoms with van der Waals surface area (Å²) >= 11 is 7.74. The third-order valence-corrected chi connectivity index (χ3v) is 7.54. The van der Waals surface area contributed by atoms with Crippen molar-refractivity contribution in [1.82, 2.24) is 4.90 Å². The minimum atomic E-state index is -1.06. The molecule has 0 aromatic heterocycles. The maximum Gasteiger partial charge on any atom is 0.341 e. The van der Waals surface area contributed by atoms with E-state index < -0.39 is 12.6 Å². The maximum atomic E-state index is 13.4. The van der Waals surface area contributed by atoms with Gasteiger partial charge in [-0.15, -0.1) is 0 Å². The molecule has 3 aliphatic rings. The van der Waals surface area contributed by atoms with Crippen LogP contribution >= 0.6 is 23.4 Å². The fraction of sp³-hybridized carbons (Fsp3) is 0.542. The van der Waals surface area contributed by atoms with Gasteiger partial charge in [-0.05, 0) is 61.2 Å². The number of benzene rings is 1. The number of halogens is 1. The first-order valence-corrected chi connectivity index (χ1v) is 12.7. The zero-order chi connectivity index (χ0) is 22.5. The molecule has 1 N–H and O–H groups in total. The Morgan fingerprint density at radius 2 is 1.84 bits per heavy atom. The third kappa shape index (κ3) is 5.67. The Balaban J connectivity index is 1.57. The number of carbonyl (C=O) groups is 2. The Morgan fingerprint density at radius 3 is 2.50 bits per heavy atom. The van der Waals surface area contributed by atoms with Crippen molar-refractivity contribution < 1.29 is 19.4 Å². The molecule has 0 spiro atoms. The number of carboxylic acids is 1. The van der Waals surface area contributed by atoms with Gasteiger partial charge in [0.1, 0.15) is 5.75 Å². The van der Waals surface area contributed by atoms with Crippen molar-refractivity contribution in [3.8, 4) is 5.75 Å². The van der Waals surface area contributed by atoms with Gasteiger partial charge in [0.05, 0.1) is 16.0 Å². The molecule has 0 bridgehead atoms. The number of carboxylic acid groups (broad SMARTS) is 1. The Bertz CT molecular complexity index is 921. The minimum Gasteiger partial charge on any atom is -0.480 e. The van der Waals surface area contributed by atoms with Gasteiger partial charge in [0, 0.05) is 6.04 Å². The lowest BCUT2D eigenvalue weighted by Crippen LogP contribution is -2.41. The number of aliphatic imine (C=N–C) groups is 1. The zero-order valence-corrected chi connectivity index (χ0v) is 19.7. The molecule has 2 saturated carbocycles. The molecule has 1 aromatic rings. The zero-order valence-electron chi connectivity index (χ0n) is 18.1. The molecule has 0 unspecified atom stereocenters. The summed E-state index contributed by atoms with van der Waals surface area (Å²) in [5, 5.41) is 9.95. The fourth-order valence-electron chi connectivity index (χ4n) is 4.62. The monoisotopic (exact) mass is 476 g/mol. The van der Waals surface area contributed by atoms with Gasteiger partial charge in [-0.25, -0.2) is 4.79 Å². The number of ether oxygens (including phenoxy) is 1. The second-order valence-corrected chi connectivity index (χ2v) is 10.1. The minimum absolute atomic E-state index is 0.0267. The molecule has 1 aliphatic heterocycles. The number of amidine groups is 1. The highest BCUT2D eigenvalue weighted by Gasteiger charge is 2.39. The molecule has 3 fully saturated rings. The van der Waals surface area contributed by atoms with Crippen LogP contribution in [0.5, 0.6) is 5.75 Å². The Hall–Kier alpha value is -1.99.